The zero-order chi connectivity index (χ0) is 35.3. The maximum atomic E-state index is 13.4. The quantitative estimate of drug-likeness (QED) is 0.120. The summed E-state index contributed by atoms with van der Waals surface area (Å²) in [5.74, 6) is 1.40. The molecule has 250 valence electrons. The fourth-order valence-corrected chi connectivity index (χ4v) is 6.74. The molecule has 0 aliphatic carbocycles. The summed E-state index contributed by atoms with van der Waals surface area (Å²) in [6.07, 6.45) is 0.397. The van der Waals surface area contributed by atoms with Gasteiger partial charge in [0.2, 0.25) is 9.84 Å². The average molecular weight is 681 g/mol. The van der Waals surface area contributed by atoms with Gasteiger partial charge in [-0.25, -0.2) is 8.42 Å². The van der Waals surface area contributed by atoms with Crippen molar-refractivity contribution >= 4 is 21.4 Å². The van der Waals surface area contributed by atoms with E-state index in [1.807, 2.05) is 81.4 Å². The first kappa shape index (κ1) is 34.1. The van der Waals surface area contributed by atoms with Gasteiger partial charge in [-0.15, -0.1) is 0 Å². The van der Waals surface area contributed by atoms with Gasteiger partial charge < -0.3 is 9.47 Å². The van der Waals surface area contributed by atoms with E-state index < -0.39 is 9.84 Å². The highest BCUT2D eigenvalue weighted by Crippen LogP contribution is 2.30. The normalized spacial score (nSPS) is 11.8. The molecular weight excluding hydrogens is 645 g/mol. The molecule has 0 aromatic heterocycles. The van der Waals surface area contributed by atoms with E-state index in [-0.39, 0.29) is 27.5 Å². The molecule has 0 saturated heterocycles. The SMILES string of the molecule is CCC(Oc1ccc(S(=O)(=O)c2ccc(Oc3ccc(C(=O)c4ccc(C)cc4)cc3)cc2)cc1)c1ccc(C(=O)c2ccc(C)cc2)cc1. The third-order valence-corrected chi connectivity index (χ3v) is 10.2. The monoisotopic (exact) mass is 680 g/mol. The number of hydrogen-bond acceptors (Lipinski definition) is 6. The molecule has 6 aromatic carbocycles. The lowest BCUT2D eigenvalue weighted by atomic mass is 9.99. The predicted molar refractivity (Wildman–Crippen MR) is 194 cm³/mol. The molecule has 6 nitrogen and oxygen atoms in total. The number of ketones is 2. The summed E-state index contributed by atoms with van der Waals surface area (Å²) in [6.45, 7) is 5.96. The number of benzene rings is 6. The minimum atomic E-state index is -3.79. The molecule has 0 fully saturated rings. The zero-order valence-electron chi connectivity index (χ0n) is 28.0. The van der Waals surface area contributed by atoms with Crippen molar-refractivity contribution in [3.63, 3.8) is 0 Å². The average Bonchev–Trinajstić information content (AvgIpc) is 3.15. The summed E-state index contributed by atoms with van der Waals surface area (Å²) in [6, 6.07) is 41.7. The first-order valence-electron chi connectivity index (χ1n) is 16.3. The minimum Gasteiger partial charge on any atom is -0.486 e. The predicted octanol–water partition coefficient (Wildman–Crippen LogP) is 9.92. The summed E-state index contributed by atoms with van der Waals surface area (Å²) >= 11 is 0. The van der Waals surface area contributed by atoms with Crippen molar-refractivity contribution in [2.45, 2.75) is 43.1 Å². The Morgan fingerprint density at radius 1 is 0.500 bits per heavy atom. The summed E-state index contributed by atoms with van der Waals surface area (Å²) in [5, 5.41) is 0. The molecule has 0 bridgehead atoms. The van der Waals surface area contributed by atoms with Gasteiger partial charge in [0, 0.05) is 22.3 Å². The van der Waals surface area contributed by atoms with Gasteiger partial charge in [-0.1, -0.05) is 90.8 Å². The minimum absolute atomic E-state index is 0.0392. The zero-order valence-corrected chi connectivity index (χ0v) is 28.8. The smallest absolute Gasteiger partial charge is 0.206 e. The third-order valence-electron chi connectivity index (χ3n) is 8.44. The van der Waals surface area contributed by atoms with Crippen LogP contribution in [-0.2, 0) is 9.84 Å². The van der Waals surface area contributed by atoms with E-state index in [2.05, 4.69) is 0 Å². The second-order valence-electron chi connectivity index (χ2n) is 12.1. The van der Waals surface area contributed by atoms with Crippen LogP contribution in [0.1, 0.15) is 68.0 Å². The Morgan fingerprint density at radius 3 is 1.24 bits per heavy atom. The molecule has 0 heterocycles. The summed E-state index contributed by atoms with van der Waals surface area (Å²) in [5.41, 5.74) is 5.50. The number of carbonyl (C=O) groups excluding carboxylic acids is 2. The highest BCUT2D eigenvalue weighted by atomic mass is 32.2. The number of carbonyl (C=O) groups is 2. The Morgan fingerprint density at radius 2 is 0.840 bits per heavy atom. The fraction of sp³-hybridized carbons (Fsp3) is 0.116. The molecule has 0 N–H and O–H groups in total. The Kier molecular flexibility index (Phi) is 10.1. The summed E-state index contributed by atoms with van der Waals surface area (Å²) in [7, 11) is -3.79. The summed E-state index contributed by atoms with van der Waals surface area (Å²) < 4.78 is 39.0. The number of aryl methyl sites for hydroxylation is 2. The van der Waals surface area contributed by atoms with Crippen LogP contribution in [0.4, 0.5) is 0 Å². The van der Waals surface area contributed by atoms with Crippen LogP contribution in [-0.4, -0.2) is 20.0 Å². The number of hydrogen-bond donors (Lipinski definition) is 0. The van der Waals surface area contributed by atoms with Gasteiger partial charge in [0.05, 0.1) is 9.79 Å². The molecule has 0 aliphatic heterocycles. The van der Waals surface area contributed by atoms with Crippen LogP contribution in [0.2, 0.25) is 0 Å². The van der Waals surface area contributed by atoms with Gasteiger partial charge in [0.15, 0.2) is 11.6 Å². The molecule has 7 heteroatoms. The molecule has 50 heavy (non-hydrogen) atoms. The standard InChI is InChI=1S/C43H36O6S/c1-4-41(31-13-15-34(16-14-31)42(44)32-9-5-29(2)6-10-32)49-38-23-27-40(28-24-38)50(46,47)39-25-21-37(22-26-39)48-36-19-17-35(18-20-36)43(45)33-11-7-30(3)8-12-33/h5-28,41H,4H2,1-3H3. The largest absolute Gasteiger partial charge is 0.486 e. The van der Waals surface area contributed by atoms with Crippen LogP contribution in [0.5, 0.6) is 17.2 Å². The molecule has 1 atom stereocenters. The molecule has 0 amide bonds. The number of sulfone groups is 1. The van der Waals surface area contributed by atoms with Gasteiger partial charge in [0.25, 0.3) is 0 Å². The fourth-order valence-electron chi connectivity index (χ4n) is 5.47. The van der Waals surface area contributed by atoms with E-state index in [9.17, 15) is 18.0 Å². The maximum Gasteiger partial charge on any atom is 0.206 e. The molecule has 1 unspecified atom stereocenters. The van der Waals surface area contributed by atoms with Crippen molar-refractivity contribution in [1.29, 1.82) is 0 Å². The van der Waals surface area contributed by atoms with E-state index in [1.165, 1.54) is 24.3 Å². The van der Waals surface area contributed by atoms with Crippen LogP contribution in [0, 0.1) is 13.8 Å². The Hall–Kier alpha value is -5.79. The molecular formula is C43H36O6S. The lowest BCUT2D eigenvalue weighted by Gasteiger charge is -2.18. The molecule has 6 rings (SSSR count). The lowest BCUT2D eigenvalue weighted by Crippen LogP contribution is -2.08. The highest BCUT2D eigenvalue weighted by Gasteiger charge is 2.19. The summed E-state index contributed by atoms with van der Waals surface area (Å²) in [4.78, 5) is 25.9. The molecule has 0 aliphatic rings. The maximum absolute atomic E-state index is 13.4. The van der Waals surface area contributed by atoms with Crippen LogP contribution in [0.15, 0.2) is 155 Å². The van der Waals surface area contributed by atoms with Crippen molar-refractivity contribution < 1.29 is 27.5 Å². The number of rotatable bonds is 12. The molecule has 0 spiro atoms. The van der Waals surface area contributed by atoms with Gasteiger partial charge in [-0.05, 0) is 98.6 Å². The van der Waals surface area contributed by atoms with E-state index >= 15 is 0 Å². The van der Waals surface area contributed by atoms with E-state index in [4.69, 9.17) is 9.47 Å². The van der Waals surface area contributed by atoms with Crippen LogP contribution < -0.4 is 9.47 Å². The lowest BCUT2D eigenvalue weighted by molar-refractivity contribution is 0.103. The van der Waals surface area contributed by atoms with Crippen molar-refractivity contribution in [3.05, 3.63) is 185 Å². The van der Waals surface area contributed by atoms with Gasteiger partial charge in [-0.3, -0.25) is 9.59 Å². The first-order valence-corrected chi connectivity index (χ1v) is 17.8. The van der Waals surface area contributed by atoms with Gasteiger partial charge in [-0.2, -0.15) is 0 Å². The third kappa shape index (κ3) is 7.74. The Balaban J connectivity index is 1.07. The van der Waals surface area contributed by atoms with Crippen LogP contribution in [0.3, 0.4) is 0 Å². The Bertz CT molecular complexity index is 2200. The van der Waals surface area contributed by atoms with Crippen molar-refractivity contribution in [2.75, 3.05) is 0 Å². The van der Waals surface area contributed by atoms with Gasteiger partial charge in [0.1, 0.15) is 23.4 Å². The Labute approximate surface area is 292 Å². The van der Waals surface area contributed by atoms with Crippen LogP contribution >= 0.6 is 0 Å². The van der Waals surface area contributed by atoms with Crippen molar-refractivity contribution in [1.82, 2.24) is 0 Å². The van der Waals surface area contributed by atoms with Crippen molar-refractivity contribution in [3.8, 4) is 17.2 Å². The highest BCUT2D eigenvalue weighted by molar-refractivity contribution is 7.91. The molecule has 0 radical (unpaired) electrons. The van der Waals surface area contributed by atoms with Crippen molar-refractivity contribution in [2.24, 2.45) is 0 Å². The van der Waals surface area contributed by atoms with E-state index in [0.717, 1.165) is 16.7 Å². The molecule has 0 saturated carbocycles. The van der Waals surface area contributed by atoms with Crippen LogP contribution in [0.25, 0.3) is 0 Å². The topological polar surface area (TPSA) is 86.7 Å². The first-order chi connectivity index (χ1) is 24.1. The second kappa shape index (κ2) is 14.8. The van der Waals surface area contributed by atoms with E-state index in [0.29, 0.717) is 45.9 Å². The number of ether oxygens (including phenoxy) is 2. The van der Waals surface area contributed by atoms with Gasteiger partial charge >= 0.3 is 0 Å². The van der Waals surface area contributed by atoms with E-state index in [1.54, 1.807) is 60.7 Å². The molecule has 6 aromatic rings. The second-order valence-corrected chi connectivity index (χ2v) is 14.0.